The highest BCUT2D eigenvalue weighted by atomic mass is 16.7. The summed E-state index contributed by atoms with van der Waals surface area (Å²) in [7, 11) is 0. The number of benzene rings is 1. The van der Waals surface area contributed by atoms with Gasteiger partial charge in [0.15, 0.2) is 11.5 Å². The summed E-state index contributed by atoms with van der Waals surface area (Å²) in [6, 6.07) is 11.6. The third kappa shape index (κ3) is 4.48. The molecule has 1 aromatic carbocycles. The fourth-order valence-electron chi connectivity index (χ4n) is 3.61. The molecule has 1 atom stereocenters. The quantitative estimate of drug-likeness (QED) is 0.733. The Kier molecular flexibility index (Phi) is 5.37. The topological polar surface area (TPSA) is 51.7 Å². The first-order valence-corrected chi connectivity index (χ1v) is 9.49. The Morgan fingerprint density at radius 2 is 2.07 bits per heavy atom. The summed E-state index contributed by atoms with van der Waals surface area (Å²) in [5.74, 6) is 2.09. The second kappa shape index (κ2) is 8.25. The lowest BCUT2D eigenvalue weighted by molar-refractivity contribution is -0.131. The van der Waals surface area contributed by atoms with Crippen LogP contribution in [0.25, 0.3) is 0 Å². The average Bonchev–Trinajstić information content (AvgIpc) is 3.17. The number of aromatic nitrogens is 1. The Bertz CT molecular complexity index is 820. The number of amides is 1. The number of fused-ring (bicyclic) bond motifs is 1. The van der Waals surface area contributed by atoms with Crippen molar-refractivity contribution in [2.24, 2.45) is 5.92 Å². The molecular weight excluding hydrogens is 340 g/mol. The number of ether oxygens (including phenoxy) is 2. The van der Waals surface area contributed by atoms with E-state index >= 15 is 0 Å². The van der Waals surface area contributed by atoms with Gasteiger partial charge >= 0.3 is 0 Å². The van der Waals surface area contributed by atoms with E-state index in [-0.39, 0.29) is 12.7 Å². The molecule has 0 fully saturated rings. The van der Waals surface area contributed by atoms with Gasteiger partial charge in [-0.2, -0.15) is 0 Å². The van der Waals surface area contributed by atoms with Crippen molar-refractivity contribution < 1.29 is 14.3 Å². The van der Waals surface area contributed by atoms with Gasteiger partial charge in [-0.05, 0) is 55.0 Å². The molecule has 0 radical (unpaired) electrons. The summed E-state index contributed by atoms with van der Waals surface area (Å²) in [5, 5.41) is 0. The van der Waals surface area contributed by atoms with Crippen LogP contribution in [0.15, 0.2) is 54.7 Å². The van der Waals surface area contributed by atoms with Crippen molar-refractivity contribution in [3.63, 3.8) is 0 Å². The zero-order valence-corrected chi connectivity index (χ0v) is 15.3. The Balaban J connectivity index is 1.47. The zero-order valence-electron chi connectivity index (χ0n) is 15.3. The van der Waals surface area contributed by atoms with Gasteiger partial charge in [-0.25, -0.2) is 0 Å². The predicted octanol–water partition coefficient (Wildman–Crippen LogP) is 3.74. The van der Waals surface area contributed by atoms with Crippen LogP contribution < -0.4 is 9.47 Å². The zero-order chi connectivity index (χ0) is 18.5. The second-order valence-electron chi connectivity index (χ2n) is 7.11. The van der Waals surface area contributed by atoms with Gasteiger partial charge in [0.25, 0.3) is 0 Å². The van der Waals surface area contributed by atoms with Crippen molar-refractivity contribution in [3.05, 3.63) is 66.0 Å². The van der Waals surface area contributed by atoms with Gasteiger partial charge in [0.05, 0.1) is 18.7 Å². The van der Waals surface area contributed by atoms with E-state index in [2.05, 4.69) is 17.1 Å². The molecule has 0 unspecified atom stereocenters. The van der Waals surface area contributed by atoms with Crippen molar-refractivity contribution in [3.8, 4) is 11.5 Å². The third-order valence-corrected chi connectivity index (χ3v) is 5.08. The Morgan fingerprint density at radius 3 is 2.89 bits per heavy atom. The number of pyridine rings is 1. The number of hydrogen-bond acceptors (Lipinski definition) is 4. The average molecular weight is 364 g/mol. The molecule has 140 valence electrons. The van der Waals surface area contributed by atoms with Gasteiger partial charge < -0.3 is 14.4 Å². The van der Waals surface area contributed by atoms with Gasteiger partial charge in [0.2, 0.25) is 12.7 Å². The van der Waals surface area contributed by atoms with Crippen molar-refractivity contribution in [1.82, 2.24) is 9.88 Å². The first-order valence-electron chi connectivity index (χ1n) is 9.49. The van der Waals surface area contributed by atoms with E-state index in [4.69, 9.17) is 9.47 Å². The van der Waals surface area contributed by atoms with Crippen molar-refractivity contribution in [2.75, 3.05) is 13.3 Å². The summed E-state index contributed by atoms with van der Waals surface area (Å²) in [6.45, 7) is 1.56. The number of allylic oxidation sites excluding steroid dienone is 2. The highest BCUT2D eigenvalue weighted by Gasteiger charge is 2.21. The molecule has 2 heterocycles. The van der Waals surface area contributed by atoms with Crippen LogP contribution in [0.5, 0.6) is 11.5 Å². The summed E-state index contributed by atoms with van der Waals surface area (Å²) in [6.07, 6.45) is 9.86. The molecule has 4 rings (SSSR count). The molecule has 1 aliphatic heterocycles. The molecule has 0 saturated heterocycles. The summed E-state index contributed by atoms with van der Waals surface area (Å²) < 4.78 is 10.8. The summed E-state index contributed by atoms with van der Waals surface area (Å²) in [5.41, 5.74) is 1.86. The molecular formula is C22H24N2O3. The first-order chi connectivity index (χ1) is 13.3. The second-order valence-corrected chi connectivity index (χ2v) is 7.11. The standard InChI is InChI=1S/C22H24N2O3/c25-22(13-18-9-10-20-21(12-18)27-16-26-20)24(14-17-6-2-1-3-7-17)15-19-8-4-5-11-23-19/h1-2,4-5,8-12,17H,3,6-7,13-16H2/t17-/m0/s1. The fourth-order valence-corrected chi connectivity index (χ4v) is 3.61. The Labute approximate surface area is 159 Å². The predicted molar refractivity (Wildman–Crippen MR) is 102 cm³/mol. The van der Waals surface area contributed by atoms with Crippen molar-refractivity contribution in [2.45, 2.75) is 32.2 Å². The lowest BCUT2D eigenvalue weighted by Gasteiger charge is -2.28. The van der Waals surface area contributed by atoms with E-state index in [9.17, 15) is 4.79 Å². The van der Waals surface area contributed by atoms with E-state index in [1.165, 1.54) is 0 Å². The van der Waals surface area contributed by atoms with Crippen LogP contribution >= 0.6 is 0 Å². The minimum absolute atomic E-state index is 0.120. The number of nitrogens with zero attached hydrogens (tertiary/aromatic N) is 2. The van der Waals surface area contributed by atoms with Gasteiger partial charge in [0.1, 0.15) is 0 Å². The largest absolute Gasteiger partial charge is 0.454 e. The van der Waals surface area contributed by atoms with Gasteiger partial charge in [0, 0.05) is 12.7 Å². The highest BCUT2D eigenvalue weighted by Crippen LogP contribution is 2.32. The molecule has 5 nitrogen and oxygen atoms in total. The van der Waals surface area contributed by atoms with Crippen molar-refractivity contribution >= 4 is 5.91 Å². The smallest absolute Gasteiger partial charge is 0.231 e. The lowest BCUT2D eigenvalue weighted by Crippen LogP contribution is -2.36. The Hall–Kier alpha value is -2.82. The van der Waals surface area contributed by atoms with Crippen LogP contribution in [-0.2, 0) is 17.8 Å². The number of rotatable bonds is 6. The van der Waals surface area contributed by atoms with E-state index in [1.807, 2.05) is 41.3 Å². The highest BCUT2D eigenvalue weighted by molar-refractivity contribution is 5.79. The molecule has 1 aromatic heterocycles. The van der Waals surface area contributed by atoms with Crippen LogP contribution in [-0.4, -0.2) is 29.1 Å². The normalized spacial score (nSPS) is 17.7. The van der Waals surface area contributed by atoms with Crippen LogP contribution in [0, 0.1) is 5.92 Å². The van der Waals surface area contributed by atoms with E-state index < -0.39 is 0 Å². The van der Waals surface area contributed by atoms with Gasteiger partial charge in [-0.15, -0.1) is 0 Å². The third-order valence-electron chi connectivity index (χ3n) is 5.08. The lowest BCUT2D eigenvalue weighted by atomic mass is 9.93. The molecule has 1 aliphatic carbocycles. The van der Waals surface area contributed by atoms with Gasteiger partial charge in [-0.3, -0.25) is 9.78 Å². The van der Waals surface area contributed by atoms with Crippen LogP contribution in [0.1, 0.15) is 30.5 Å². The van der Waals surface area contributed by atoms with Crippen LogP contribution in [0.2, 0.25) is 0 Å². The minimum Gasteiger partial charge on any atom is -0.454 e. The maximum absolute atomic E-state index is 13.1. The molecule has 27 heavy (non-hydrogen) atoms. The molecule has 0 saturated carbocycles. The molecule has 2 aliphatic rings. The van der Waals surface area contributed by atoms with Crippen molar-refractivity contribution in [1.29, 1.82) is 0 Å². The van der Waals surface area contributed by atoms with E-state index in [0.29, 0.717) is 24.6 Å². The molecule has 0 N–H and O–H groups in total. The molecule has 1 amide bonds. The van der Waals surface area contributed by atoms with E-state index in [0.717, 1.165) is 42.8 Å². The monoisotopic (exact) mass is 364 g/mol. The van der Waals surface area contributed by atoms with Crippen LogP contribution in [0.3, 0.4) is 0 Å². The maximum Gasteiger partial charge on any atom is 0.231 e. The summed E-state index contributed by atoms with van der Waals surface area (Å²) >= 11 is 0. The van der Waals surface area contributed by atoms with Gasteiger partial charge in [-0.1, -0.05) is 24.3 Å². The molecule has 2 aromatic rings. The number of hydrogen-bond donors (Lipinski definition) is 0. The summed E-state index contributed by atoms with van der Waals surface area (Å²) in [4.78, 5) is 19.5. The number of carbonyl (C=O) groups excluding carboxylic acids is 1. The SMILES string of the molecule is O=C(Cc1ccc2c(c1)OCO2)N(Cc1ccccn1)C[C@H]1CC=CCC1. The Morgan fingerprint density at radius 1 is 1.15 bits per heavy atom. The minimum atomic E-state index is 0.120. The molecule has 0 spiro atoms. The maximum atomic E-state index is 13.1. The van der Waals surface area contributed by atoms with Crippen LogP contribution in [0.4, 0.5) is 0 Å². The molecule has 5 heteroatoms. The first kappa shape index (κ1) is 17.6. The van der Waals surface area contributed by atoms with E-state index in [1.54, 1.807) is 6.20 Å². The molecule has 0 bridgehead atoms. The fraction of sp³-hybridized carbons (Fsp3) is 0.364. The number of carbonyl (C=O) groups is 1.